The summed E-state index contributed by atoms with van der Waals surface area (Å²) < 4.78 is 55.1. The fraction of sp³-hybridized carbons (Fsp3) is 0.316. The number of nitrogens with zero attached hydrogens (tertiary/aromatic N) is 1. The van der Waals surface area contributed by atoms with E-state index in [4.69, 9.17) is 11.6 Å². The van der Waals surface area contributed by atoms with Crippen LogP contribution >= 0.6 is 11.6 Å². The molecule has 0 aliphatic carbocycles. The van der Waals surface area contributed by atoms with Crippen LogP contribution in [0.2, 0.25) is 5.02 Å². The molecule has 1 amide bonds. The van der Waals surface area contributed by atoms with E-state index < -0.39 is 22.5 Å². The third kappa shape index (κ3) is 5.88. The van der Waals surface area contributed by atoms with Gasteiger partial charge >= 0.3 is 6.61 Å². The molecule has 0 aromatic heterocycles. The molecule has 10 heteroatoms. The summed E-state index contributed by atoms with van der Waals surface area (Å²) in [5.41, 5.74) is 0.655. The van der Waals surface area contributed by atoms with Crippen molar-refractivity contribution in [2.45, 2.75) is 37.9 Å². The standard InChI is InChI=1S/C19H21ClF2N2O4S/c1-12(2)24(3)29(26,27)15-8-9-17(20)16(10-15)18(25)23-11-13-4-6-14(7-5-13)28-19(21)22/h4-10,12,19H,11H2,1-3H3,(H,23,25). The van der Waals surface area contributed by atoms with Crippen molar-refractivity contribution in [2.75, 3.05) is 7.05 Å². The second-order valence-corrected chi connectivity index (χ2v) is 8.87. The first-order valence-electron chi connectivity index (χ1n) is 8.62. The molecule has 0 atom stereocenters. The lowest BCUT2D eigenvalue weighted by Gasteiger charge is -2.21. The van der Waals surface area contributed by atoms with Gasteiger partial charge in [0.25, 0.3) is 5.91 Å². The molecule has 158 valence electrons. The average Bonchev–Trinajstić information content (AvgIpc) is 2.66. The number of rotatable bonds is 8. The van der Waals surface area contributed by atoms with Crippen LogP contribution in [0.25, 0.3) is 0 Å². The number of benzene rings is 2. The second-order valence-electron chi connectivity index (χ2n) is 6.46. The maximum atomic E-state index is 12.6. The average molecular weight is 447 g/mol. The van der Waals surface area contributed by atoms with Crippen molar-refractivity contribution in [1.29, 1.82) is 0 Å². The van der Waals surface area contributed by atoms with Gasteiger partial charge in [0.2, 0.25) is 10.0 Å². The first-order valence-corrected chi connectivity index (χ1v) is 10.4. The van der Waals surface area contributed by atoms with Gasteiger partial charge < -0.3 is 10.1 Å². The minimum atomic E-state index is -3.77. The molecule has 2 aromatic carbocycles. The summed E-state index contributed by atoms with van der Waals surface area (Å²) in [5, 5.41) is 2.73. The summed E-state index contributed by atoms with van der Waals surface area (Å²) in [4.78, 5) is 12.5. The first kappa shape index (κ1) is 23.1. The fourth-order valence-corrected chi connectivity index (χ4v) is 3.95. The number of ether oxygens (including phenoxy) is 1. The topological polar surface area (TPSA) is 75.7 Å². The second kappa shape index (κ2) is 9.51. The lowest BCUT2D eigenvalue weighted by molar-refractivity contribution is -0.0498. The van der Waals surface area contributed by atoms with Crippen LogP contribution in [-0.2, 0) is 16.6 Å². The molecule has 0 unspecified atom stereocenters. The summed E-state index contributed by atoms with van der Waals surface area (Å²) in [6.07, 6.45) is 0. The predicted molar refractivity (Wildman–Crippen MR) is 106 cm³/mol. The van der Waals surface area contributed by atoms with E-state index in [2.05, 4.69) is 10.1 Å². The molecule has 2 rings (SSSR count). The number of amides is 1. The monoisotopic (exact) mass is 446 g/mol. The van der Waals surface area contributed by atoms with Crippen molar-refractivity contribution in [1.82, 2.24) is 9.62 Å². The van der Waals surface area contributed by atoms with Gasteiger partial charge in [-0.1, -0.05) is 23.7 Å². The molecular formula is C19H21ClF2N2O4S. The van der Waals surface area contributed by atoms with Gasteiger partial charge in [0.15, 0.2) is 0 Å². The molecular weight excluding hydrogens is 426 g/mol. The van der Waals surface area contributed by atoms with Crippen molar-refractivity contribution in [3.63, 3.8) is 0 Å². The number of alkyl halides is 2. The molecule has 0 aliphatic rings. The molecule has 0 aliphatic heterocycles. The molecule has 0 saturated carbocycles. The van der Waals surface area contributed by atoms with Crippen LogP contribution in [0.15, 0.2) is 47.4 Å². The zero-order valence-corrected chi connectivity index (χ0v) is 17.6. The summed E-state index contributed by atoms with van der Waals surface area (Å²) in [6.45, 7) is 0.644. The molecule has 0 fully saturated rings. The number of carbonyl (C=O) groups is 1. The lowest BCUT2D eigenvalue weighted by atomic mass is 10.2. The Morgan fingerprint density at radius 3 is 2.34 bits per heavy atom. The minimum Gasteiger partial charge on any atom is -0.435 e. The van der Waals surface area contributed by atoms with Gasteiger partial charge in [-0.15, -0.1) is 0 Å². The minimum absolute atomic E-state index is 0.00491. The highest BCUT2D eigenvalue weighted by Gasteiger charge is 2.25. The highest BCUT2D eigenvalue weighted by molar-refractivity contribution is 7.89. The summed E-state index contributed by atoms with van der Waals surface area (Å²) in [7, 11) is -2.32. The molecule has 0 radical (unpaired) electrons. The Labute approximate surface area is 173 Å². The maximum absolute atomic E-state index is 12.6. The number of hydrogen-bond acceptors (Lipinski definition) is 4. The SMILES string of the molecule is CC(C)N(C)S(=O)(=O)c1ccc(Cl)c(C(=O)NCc2ccc(OC(F)F)cc2)c1. The van der Waals surface area contributed by atoms with Crippen molar-refractivity contribution in [3.8, 4) is 5.75 Å². The van der Waals surface area contributed by atoms with Gasteiger partial charge in [0.05, 0.1) is 15.5 Å². The Morgan fingerprint density at radius 2 is 1.79 bits per heavy atom. The molecule has 6 nitrogen and oxygen atoms in total. The fourth-order valence-electron chi connectivity index (χ4n) is 2.35. The van der Waals surface area contributed by atoms with E-state index in [0.29, 0.717) is 5.56 Å². The highest BCUT2D eigenvalue weighted by Crippen LogP contribution is 2.23. The van der Waals surface area contributed by atoms with Gasteiger partial charge in [-0.05, 0) is 49.7 Å². The predicted octanol–water partition coefficient (Wildman–Crippen LogP) is 3.90. The Bertz CT molecular complexity index is 967. The van der Waals surface area contributed by atoms with Crippen LogP contribution in [0.4, 0.5) is 8.78 Å². The van der Waals surface area contributed by atoms with Crippen molar-refractivity contribution < 1.29 is 26.7 Å². The zero-order valence-electron chi connectivity index (χ0n) is 16.0. The van der Waals surface area contributed by atoms with E-state index in [9.17, 15) is 22.0 Å². The third-order valence-corrected chi connectivity index (χ3v) is 6.55. The van der Waals surface area contributed by atoms with Gasteiger partial charge in [0, 0.05) is 19.6 Å². The van der Waals surface area contributed by atoms with Crippen molar-refractivity contribution >= 4 is 27.5 Å². The van der Waals surface area contributed by atoms with Gasteiger partial charge in [-0.2, -0.15) is 13.1 Å². The summed E-state index contributed by atoms with van der Waals surface area (Å²) in [6, 6.07) is 9.43. The van der Waals surface area contributed by atoms with E-state index in [1.807, 2.05) is 0 Å². The van der Waals surface area contributed by atoms with E-state index >= 15 is 0 Å². The first-order chi connectivity index (χ1) is 13.5. The third-order valence-electron chi connectivity index (χ3n) is 4.19. The van der Waals surface area contributed by atoms with Crippen LogP contribution in [0.1, 0.15) is 29.8 Å². The Balaban J connectivity index is 2.15. The van der Waals surface area contributed by atoms with E-state index in [-0.39, 0.29) is 33.8 Å². The van der Waals surface area contributed by atoms with Crippen LogP contribution in [-0.4, -0.2) is 38.3 Å². The van der Waals surface area contributed by atoms with Gasteiger partial charge in [-0.25, -0.2) is 8.42 Å². The molecule has 0 heterocycles. The van der Waals surface area contributed by atoms with Crippen LogP contribution in [0.5, 0.6) is 5.75 Å². The Hall–Kier alpha value is -2.23. The maximum Gasteiger partial charge on any atom is 0.387 e. The molecule has 29 heavy (non-hydrogen) atoms. The van der Waals surface area contributed by atoms with Gasteiger partial charge in [-0.3, -0.25) is 4.79 Å². The van der Waals surface area contributed by atoms with E-state index in [1.54, 1.807) is 13.8 Å². The number of halogens is 3. The molecule has 0 saturated heterocycles. The summed E-state index contributed by atoms with van der Waals surface area (Å²) >= 11 is 6.08. The van der Waals surface area contributed by atoms with E-state index in [0.717, 1.165) is 0 Å². The largest absolute Gasteiger partial charge is 0.435 e. The van der Waals surface area contributed by atoms with Crippen molar-refractivity contribution in [2.24, 2.45) is 0 Å². The Kier molecular flexibility index (Phi) is 7.56. The lowest BCUT2D eigenvalue weighted by Crippen LogP contribution is -2.33. The molecule has 1 N–H and O–H groups in total. The molecule has 2 aromatic rings. The smallest absolute Gasteiger partial charge is 0.387 e. The normalized spacial score (nSPS) is 11.9. The van der Waals surface area contributed by atoms with Crippen LogP contribution in [0, 0.1) is 0 Å². The quantitative estimate of drug-likeness (QED) is 0.667. The van der Waals surface area contributed by atoms with Crippen LogP contribution < -0.4 is 10.1 Å². The molecule has 0 spiro atoms. The zero-order chi connectivity index (χ0) is 21.8. The van der Waals surface area contributed by atoms with Gasteiger partial charge in [0.1, 0.15) is 5.75 Å². The number of carbonyl (C=O) groups excluding carboxylic acids is 1. The van der Waals surface area contributed by atoms with E-state index in [1.165, 1.54) is 53.8 Å². The number of hydrogen-bond donors (Lipinski definition) is 1. The molecule has 0 bridgehead atoms. The van der Waals surface area contributed by atoms with Crippen molar-refractivity contribution in [3.05, 3.63) is 58.6 Å². The highest BCUT2D eigenvalue weighted by atomic mass is 35.5. The summed E-state index contributed by atoms with van der Waals surface area (Å²) in [5.74, 6) is -0.558. The van der Waals surface area contributed by atoms with Crippen LogP contribution in [0.3, 0.4) is 0 Å². The number of sulfonamides is 1. The Morgan fingerprint density at radius 1 is 1.17 bits per heavy atom. The number of nitrogens with one attached hydrogen (secondary N) is 1.